The molecule has 94 valence electrons. The molecule has 5 heteroatoms. The second kappa shape index (κ2) is 5.55. The lowest BCUT2D eigenvalue weighted by Crippen LogP contribution is -2.07. The van der Waals surface area contributed by atoms with Gasteiger partial charge < -0.3 is 15.6 Å². The molecule has 0 aliphatic rings. The van der Waals surface area contributed by atoms with Crippen molar-refractivity contribution >= 4 is 23.0 Å². The molecule has 0 aliphatic heterocycles. The van der Waals surface area contributed by atoms with Gasteiger partial charge in [-0.15, -0.1) is 11.3 Å². The molecular formula is C13H13NO3S. The number of hydrogen-bond donors (Lipinski definition) is 2. The molecule has 1 aromatic heterocycles. The first-order valence-electron chi connectivity index (χ1n) is 5.45. The number of nitrogen functional groups attached to an aromatic ring is 1. The van der Waals surface area contributed by atoms with Crippen molar-refractivity contribution in [1.82, 2.24) is 0 Å². The summed E-state index contributed by atoms with van der Waals surface area (Å²) in [5.74, 6) is -0.623. The van der Waals surface area contributed by atoms with Crippen molar-refractivity contribution in [2.75, 3.05) is 12.3 Å². The minimum atomic E-state index is -1.05. The topological polar surface area (TPSA) is 72.5 Å². The molecule has 0 bridgehead atoms. The Bertz CT molecular complexity index is 537. The molecule has 1 heterocycles. The Morgan fingerprint density at radius 1 is 1.33 bits per heavy atom. The lowest BCUT2D eigenvalue weighted by Gasteiger charge is -2.09. The lowest BCUT2D eigenvalue weighted by molar-refractivity contribution is 0.0697. The van der Waals surface area contributed by atoms with Crippen LogP contribution in [0.4, 0.5) is 5.69 Å². The quantitative estimate of drug-likeness (QED) is 0.813. The average Bonchev–Trinajstić information content (AvgIpc) is 2.84. The van der Waals surface area contributed by atoms with E-state index in [1.165, 1.54) is 10.9 Å². The molecule has 4 nitrogen and oxygen atoms in total. The fraction of sp³-hybridized carbons (Fsp3) is 0.154. The highest BCUT2D eigenvalue weighted by Gasteiger charge is 2.11. The van der Waals surface area contributed by atoms with Gasteiger partial charge in [0.1, 0.15) is 5.75 Å². The van der Waals surface area contributed by atoms with E-state index in [0.717, 1.165) is 6.42 Å². The largest absolute Gasteiger partial charge is 0.491 e. The van der Waals surface area contributed by atoms with E-state index in [-0.39, 0.29) is 11.3 Å². The number of hydrogen-bond acceptors (Lipinski definition) is 4. The Hall–Kier alpha value is -2.01. The normalized spacial score (nSPS) is 10.2. The molecule has 0 fully saturated rings. The van der Waals surface area contributed by atoms with Crippen LogP contribution in [-0.4, -0.2) is 17.7 Å². The summed E-state index contributed by atoms with van der Waals surface area (Å²) in [5, 5.41) is 10.9. The molecule has 2 aromatic rings. The van der Waals surface area contributed by atoms with E-state index < -0.39 is 5.97 Å². The Kier molecular flexibility index (Phi) is 3.84. The summed E-state index contributed by atoms with van der Waals surface area (Å²) in [4.78, 5) is 12.1. The van der Waals surface area contributed by atoms with Crippen LogP contribution in [0.25, 0.3) is 0 Å². The molecule has 1 aromatic carbocycles. The van der Waals surface area contributed by atoms with Gasteiger partial charge in [-0.2, -0.15) is 0 Å². The van der Waals surface area contributed by atoms with Gasteiger partial charge in [-0.3, -0.25) is 0 Å². The SMILES string of the molecule is Nc1c(OCCc2cccs2)cccc1C(=O)O. The van der Waals surface area contributed by atoms with Crippen LogP contribution in [0.2, 0.25) is 0 Å². The highest BCUT2D eigenvalue weighted by atomic mass is 32.1. The van der Waals surface area contributed by atoms with Crippen molar-refractivity contribution < 1.29 is 14.6 Å². The summed E-state index contributed by atoms with van der Waals surface area (Å²) < 4.78 is 5.52. The smallest absolute Gasteiger partial charge is 0.337 e. The molecule has 0 atom stereocenters. The number of carboxylic acids is 1. The zero-order valence-corrected chi connectivity index (χ0v) is 10.4. The minimum absolute atomic E-state index is 0.0728. The Morgan fingerprint density at radius 2 is 2.17 bits per heavy atom. The second-order valence-electron chi connectivity index (χ2n) is 3.70. The number of rotatable bonds is 5. The fourth-order valence-corrected chi connectivity index (χ4v) is 2.26. The summed E-state index contributed by atoms with van der Waals surface area (Å²) in [6.45, 7) is 0.480. The first-order valence-corrected chi connectivity index (χ1v) is 6.33. The third-order valence-electron chi connectivity index (χ3n) is 2.48. The van der Waals surface area contributed by atoms with Gasteiger partial charge in [-0.25, -0.2) is 4.79 Å². The van der Waals surface area contributed by atoms with Crippen LogP contribution in [0.1, 0.15) is 15.2 Å². The summed E-state index contributed by atoms with van der Waals surface area (Å²) in [5.41, 5.74) is 5.99. The van der Waals surface area contributed by atoms with Crippen molar-refractivity contribution in [3.63, 3.8) is 0 Å². The first-order chi connectivity index (χ1) is 8.68. The number of anilines is 1. The van der Waals surface area contributed by atoms with Crippen molar-refractivity contribution in [1.29, 1.82) is 0 Å². The zero-order valence-electron chi connectivity index (χ0n) is 9.63. The van der Waals surface area contributed by atoms with Crippen molar-refractivity contribution in [2.24, 2.45) is 0 Å². The summed E-state index contributed by atoms with van der Waals surface area (Å²) in [7, 11) is 0. The van der Waals surface area contributed by atoms with Gasteiger partial charge in [-0.1, -0.05) is 12.1 Å². The van der Waals surface area contributed by atoms with E-state index in [0.29, 0.717) is 12.4 Å². The van der Waals surface area contributed by atoms with Crippen molar-refractivity contribution in [2.45, 2.75) is 6.42 Å². The monoisotopic (exact) mass is 263 g/mol. The molecule has 0 aliphatic carbocycles. The number of carboxylic acid groups (broad SMARTS) is 1. The van der Waals surface area contributed by atoms with Crippen LogP contribution < -0.4 is 10.5 Å². The number of carbonyl (C=O) groups is 1. The number of aromatic carboxylic acids is 1. The second-order valence-corrected chi connectivity index (χ2v) is 4.73. The van der Waals surface area contributed by atoms with Gasteiger partial charge >= 0.3 is 5.97 Å². The van der Waals surface area contributed by atoms with E-state index >= 15 is 0 Å². The summed E-state index contributed by atoms with van der Waals surface area (Å²) in [6.07, 6.45) is 0.786. The predicted molar refractivity (Wildman–Crippen MR) is 71.3 cm³/mol. The van der Waals surface area contributed by atoms with Gasteiger partial charge in [0.15, 0.2) is 0 Å². The van der Waals surface area contributed by atoms with Gasteiger partial charge in [0.25, 0.3) is 0 Å². The van der Waals surface area contributed by atoms with Crippen molar-refractivity contribution in [3.05, 3.63) is 46.2 Å². The van der Waals surface area contributed by atoms with Crippen LogP contribution in [-0.2, 0) is 6.42 Å². The third kappa shape index (κ3) is 2.81. The summed E-state index contributed by atoms with van der Waals surface area (Å²) >= 11 is 1.66. The lowest BCUT2D eigenvalue weighted by atomic mass is 10.1. The predicted octanol–water partition coefficient (Wildman–Crippen LogP) is 2.65. The Labute approximate surface area is 109 Å². The number of benzene rings is 1. The highest BCUT2D eigenvalue weighted by molar-refractivity contribution is 7.09. The molecule has 3 N–H and O–H groups in total. The van der Waals surface area contributed by atoms with Crippen LogP contribution in [0.5, 0.6) is 5.75 Å². The van der Waals surface area contributed by atoms with Gasteiger partial charge in [0.05, 0.1) is 17.9 Å². The Morgan fingerprint density at radius 3 is 2.83 bits per heavy atom. The number of ether oxygens (including phenoxy) is 1. The maximum Gasteiger partial charge on any atom is 0.337 e. The standard InChI is InChI=1S/C13H13NO3S/c14-12-10(13(15)16)4-1-5-11(12)17-7-6-9-3-2-8-18-9/h1-5,8H,6-7,14H2,(H,15,16). The van der Waals surface area contributed by atoms with E-state index in [9.17, 15) is 4.79 Å². The van der Waals surface area contributed by atoms with Crippen molar-refractivity contribution in [3.8, 4) is 5.75 Å². The third-order valence-corrected chi connectivity index (χ3v) is 3.42. The first kappa shape index (κ1) is 12.4. The Balaban J connectivity index is 2.01. The molecule has 0 amide bonds. The van der Waals surface area contributed by atoms with E-state index in [1.807, 2.05) is 17.5 Å². The zero-order chi connectivity index (χ0) is 13.0. The van der Waals surface area contributed by atoms with Gasteiger partial charge in [-0.05, 0) is 23.6 Å². The summed E-state index contributed by atoms with van der Waals surface area (Å²) in [6, 6.07) is 8.78. The minimum Gasteiger partial charge on any atom is -0.491 e. The molecule has 0 radical (unpaired) electrons. The van der Waals surface area contributed by atoms with E-state index in [1.54, 1.807) is 23.5 Å². The van der Waals surface area contributed by atoms with Crippen LogP contribution in [0, 0.1) is 0 Å². The average molecular weight is 263 g/mol. The highest BCUT2D eigenvalue weighted by Crippen LogP contribution is 2.25. The van der Waals surface area contributed by atoms with E-state index in [4.69, 9.17) is 15.6 Å². The van der Waals surface area contributed by atoms with E-state index in [2.05, 4.69) is 0 Å². The van der Waals surface area contributed by atoms with Crippen LogP contribution in [0.15, 0.2) is 35.7 Å². The van der Waals surface area contributed by atoms with Crippen LogP contribution >= 0.6 is 11.3 Å². The molecule has 2 rings (SSSR count). The maximum atomic E-state index is 10.9. The molecule has 0 unspecified atom stereocenters. The van der Waals surface area contributed by atoms with Crippen LogP contribution in [0.3, 0.4) is 0 Å². The number of nitrogens with two attached hydrogens (primary N) is 1. The molecule has 0 saturated carbocycles. The van der Waals surface area contributed by atoms with Gasteiger partial charge in [0.2, 0.25) is 0 Å². The number of thiophene rings is 1. The molecule has 0 saturated heterocycles. The number of para-hydroxylation sites is 1. The molecule has 18 heavy (non-hydrogen) atoms. The molecule has 0 spiro atoms. The maximum absolute atomic E-state index is 10.9. The van der Waals surface area contributed by atoms with Gasteiger partial charge in [0, 0.05) is 11.3 Å². The fourth-order valence-electron chi connectivity index (χ4n) is 1.57. The molecular weight excluding hydrogens is 250 g/mol.